The molecular formula is C21H25IN4O4. The molecule has 9 heteroatoms. The number of carbonyl (C=O) groups excluding carboxylic acids is 2. The Morgan fingerprint density at radius 3 is 2.87 bits per heavy atom. The number of phenols is 1. The summed E-state index contributed by atoms with van der Waals surface area (Å²) in [6.45, 7) is 2.16. The van der Waals surface area contributed by atoms with Crippen LogP contribution in [0.4, 0.5) is 5.69 Å². The number of nitrogens with zero attached hydrogens (tertiary/aromatic N) is 1. The summed E-state index contributed by atoms with van der Waals surface area (Å²) < 4.78 is 6.04. The van der Waals surface area contributed by atoms with Crippen LogP contribution in [0.5, 0.6) is 11.5 Å². The lowest BCUT2D eigenvalue weighted by molar-refractivity contribution is -0.120. The number of hydrogen-bond donors (Lipinski definition) is 4. The zero-order valence-corrected chi connectivity index (χ0v) is 18.8. The number of phenolic OH excluding ortho intramolecular Hbond substituents is 1. The van der Waals surface area contributed by atoms with E-state index in [1.165, 1.54) is 7.11 Å². The number of ether oxygens (including phenoxy) is 1. The molecule has 5 N–H and O–H groups in total. The van der Waals surface area contributed by atoms with E-state index >= 15 is 0 Å². The van der Waals surface area contributed by atoms with E-state index in [0.29, 0.717) is 30.1 Å². The molecule has 2 amide bonds. The van der Waals surface area contributed by atoms with Gasteiger partial charge in [-0.15, -0.1) is 0 Å². The molecule has 0 bridgehead atoms. The Morgan fingerprint density at radius 1 is 1.30 bits per heavy atom. The van der Waals surface area contributed by atoms with E-state index in [9.17, 15) is 14.7 Å². The van der Waals surface area contributed by atoms with Crippen molar-refractivity contribution in [1.82, 2.24) is 15.5 Å². The first kappa shape index (κ1) is 22.2. The van der Waals surface area contributed by atoms with E-state index < -0.39 is 0 Å². The molecule has 2 aromatic rings. The highest BCUT2D eigenvalue weighted by Gasteiger charge is 2.24. The van der Waals surface area contributed by atoms with Crippen molar-refractivity contribution in [1.29, 1.82) is 0 Å². The highest BCUT2D eigenvalue weighted by molar-refractivity contribution is 14.1. The average molecular weight is 524 g/mol. The molecule has 8 nitrogen and oxygen atoms in total. The highest BCUT2D eigenvalue weighted by Crippen LogP contribution is 2.27. The average Bonchev–Trinajstić information content (AvgIpc) is 3.16. The van der Waals surface area contributed by atoms with Crippen LogP contribution >= 0.6 is 22.6 Å². The summed E-state index contributed by atoms with van der Waals surface area (Å²) in [5.41, 5.74) is 7.62. The predicted molar refractivity (Wildman–Crippen MR) is 122 cm³/mol. The van der Waals surface area contributed by atoms with Gasteiger partial charge in [0.15, 0.2) is 11.5 Å². The molecule has 1 saturated heterocycles. The van der Waals surface area contributed by atoms with Crippen molar-refractivity contribution in [3.8, 4) is 11.5 Å². The molecular weight excluding hydrogens is 499 g/mol. The number of rotatable bonds is 7. The smallest absolute Gasteiger partial charge is 0.253 e. The number of nitrogens with two attached hydrogens (primary N) is 1. The largest absolute Gasteiger partial charge is 0.504 e. The molecule has 0 spiro atoms. The van der Waals surface area contributed by atoms with Gasteiger partial charge in [-0.2, -0.15) is 0 Å². The van der Waals surface area contributed by atoms with Gasteiger partial charge >= 0.3 is 0 Å². The van der Waals surface area contributed by atoms with Crippen molar-refractivity contribution in [3.63, 3.8) is 0 Å². The number of carbonyl (C=O) groups is 2. The van der Waals surface area contributed by atoms with Crippen LogP contribution in [0, 0.1) is 3.57 Å². The lowest BCUT2D eigenvalue weighted by Crippen LogP contribution is -2.43. The van der Waals surface area contributed by atoms with Crippen LogP contribution in [0.1, 0.15) is 22.3 Å². The lowest BCUT2D eigenvalue weighted by Gasteiger charge is -2.17. The maximum Gasteiger partial charge on any atom is 0.253 e. The minimum absolute atomic E-state index is 0.0242. The molecule has 1 heterocycles. The fourth-order valence-corrected chi connectivity index (χ4v) is 3.92. The molecule has 0 unspecified atom stereocenters. The monoisotopic (exact) mass is 524 g/mol. The Balaban J connectivity index is 1.45. The minimum Gasteiger partial charge on any atom is -0.504 e. The summed E-state index contributed by atoms with van der Waals surface area (Å²) in [6.07, 6.45) is 0.832. The highest BCUT2D eigenvalue weighted by atomic mass is 127. The third-order valence-corrected chi connectivity index (χ3v) is 5.63. The van der Waals surface area contributed by atoms with E-state index in [4.69, 9.17) is 10.5 Å². The Labute approximate surface area is 188 Å². The van der Waals surface area contributed by atoms with Crippen molar-refractivity contribution in [3.05, 3.63) is 51.1 Å². The van der Waals surface area contributed by atoms with Gasteiger partial charge < -0.3 is 26.2 Å². The maximum absolute atomic E-state index is 12.3. The van der Waals surface area contributed by atoms with Gasteiger partial charge in [-0.1, -0.05) is 6.07 Å². The minimum atomic E-state index is -0.365. The van der Waals surface area contributed by atoms with Crippen molar-refractivity contribution in [2.75, 3.05) is 32.5 Å². The number of aromatic hydroxyl groups is 1. The van der Waals surface area contributed by atoms with E-state index in [0.717, 1.165) is 22.1 Å². The van der Waals surface area contributed by atoms with Gasteiger partial charge in [0, 0.05) is 34.9 Å². The van der Waals surface area contributed by atoms with Gasteiger partial charge in [-0.3, -0.25) is 14.5 Å². The van der Waals surface area contributed by atoms with Crippen LogP contribution in [0.25, 0.3) is 0 Å². The van der Waals surface area contributed by atoms with Gasteiger partial charge in [0.05, 0.1) is 19.2 Å². The number of halogens is 1. The molecule has 3 rings (SSSR count). The van der Waals surface area contributed by atoms with Crippen molar-refractivity contribution in [2.24, 2.45) is 0 Å². The predicted octanol–water partition coefficient (Wildman–Crippen LogP) is 1.71. The molecule has 0 aliphatic carbocycles. The Hall–Kier alpha value is -2.53. The van der Waals surface area contributed by atoms with Gasteiger partial charge in [0.25, 0.3) is 5.91 Å². The quantitative estimate of drug-likeness (QED) is 0.324. The summed E-state index contributed by atoms with van der Waals surface area (Å²) in [7, 11) is 1.52. The maximum atomic E-state index is 12.3. The van der Waals surface area contributed by atoms with Gasteiger partial charge in [-0.05, 0) is 64.9 Å². The number of hydrogen-bond acceptors (Lipinski definition) is 6. The zero-order chi connectivity index (χ0) is 21.7. The second kappa shape index (κ2) is 9.98. The van der Waals surface area contributed by atoms with E-state index in [2.05, 4.69) is 38.1 Å². The van der Waals surface area contributed by atoms with Crippen molar-refractivity contribution < 1.29 is 19.4 Å². The fourth-order valence-electron chi connectivity index (χ4n) is 3.43. The summed E-state index contributed by atoms with van der Waals surface area (Å²) in [5.74, 6) is -0.0379. The third-order valence-electron chi connectivity index (χ3n) is 4.96. The van der Waals surface area contributed by atoms with Gasteiger partial charge in [0.1, 0.15) is 0 Å². The SMILES string of the molecule is COc1cc(CN2CC[C@@H](NC(=O)CNC(=O)c3cc(I)ccc3N)C2)ccc1O. The second-order valence-electron chi connectivity index (χ2n) is 7.21. The lowest BCUT2D eigenvalue weighted by atomic mass is 10.1. The molecule has 160 valence electrons. The standard InChI is InChI=1S/C21H25IN4O4/c1-30-19-8-13(2-5-18(19)27)11-26-7-6-15(12-26)25-20(28)10-24-21(29)16-9-14(22)3-4-17(16)23/h2-5,8-9,15,27H,6-7,10-12,23H2,1H3,(H,24,29)(H,25,28)/t15-/m1/s1. The molecule has 0 saturated carbocycles. The Kier molecular flexibility index (Phi) is 7.38. The molecule has 1 fully saturated rings. The number of amides is 2. The van der Waals surface area contributed by atoms with E-state index in [1.54, 1.807) is 18.2 Å². The van der Waals surface area contributed by atoms with Crippen molar-refractivity contribution in [2.45, 2.75) is 19.0 Å². The molecule has 0 aromatic heterocycles. The third kappa shape index (κ3) is 5.76. The Bertz CT molecular complexity index is 937. The van der Waals surface area contributed by atoms with Crippen molar-refractivity contribution >= 4 is 40.1 Å². The number of nitrogens with one attached hydrogen (secondary N) is 2. The number of nitrogen functional groups attached to an aromatic ring is 1. The molecule has 1 atom stereocenters. The second-order valence-corrected chi connectivity index (χ2v) is 8.45. The van der Waals surface area contributed by atoms with Gasteiger partial charge in [-0.25, -0.2) is 0 Å². The number of likely N-dealkylation sites (tertiary alicyclic amines) is 1. The first-order chi connectivity index (χ1) is 14.4. The van der Waals surface area contributed by atoms with Crippen LogP contribution in [-0.2, 0) is 11.3 Å². The fraction of sp³-hybridized carbons (Fsp3) is 0.333. The zero-order valence-electron chi connectivity index (χ0n) is 16.7. The van der Waals surface area contributed by atoms with Gasteiger partial charge in [0.2, 0.25) is 5.91 Å². The number of benzene rings is 2. The normalized spacial score (nSPS) is 16.3. The first-order valence-corrected chi connectivity index (χ1v) is 10.6. The summed E-state index contributed by atoms with van der Waals surface area (Å²) in [6, 6.07) is 10.5. The number of methoxy groups -OCH3 is 1. The molecule has 2 aromatic carbocycles. The van der Waals surface area contributed by atoms with Crippen LogP contribution < -0.4 is 21.1 Å². The molecule has 1 aliphatic heterocycles. The van der Waals surface area contributed by atoms with Crippen LogP contribution in [0.15, 0.2) is 36.4 Å². The molecule has 0 radical (unpaired) electrons. The van der Waals surface area contributed by atoms with Crippen LogP contribution in [0.3, 0.4) is 0 Å². The topological polar surface area (TPSA) is 117 Å². The summed E-state index contributed by atoms with van der Waals surface area (Å²) in [5, 5.41) is 15.3. The first-order valence-electron chi connectivity index (χ1n) is 9.56. The molecule has 30 heavy (non-hydrogen) atoms. The summed E-state index contributed by atoms with van der Waals surface area (Å²) in [4.78, 5) is 26.8. The molecule has 1 aliphatic rings. The van der Waals surface area contributed by atoms with Crippen LogP contribution in [-0.4, -0.2) is 54.6 Å². The number of anilines is 1. The summed E-state index contributed by atoms with van der Waals surface area (Å²) >= 11 is 2.11. The Morgan fingerprint density at radius 2 is 2.10 bits per heavy atom. The van der Waals surface area contributed by atoms with Crippen LogP contribution in [0.2, 0.25) is 0 Å². The van der Waals surface area contributed by atoms with E-state index in [1.807, 2.05) is 18.2 Å². The van der Waals surface area contributed by atoms with E-state index in [-0.39, 0.29) is 30.2 Å².